The summed E-state index contributed by atoms with van der Waals surface area (Å²) in [5, 5.41) is -0.717. The number of hydrogen-bond acceptors (Lipinski definition) is 5. The van der Waals surface area contributed by atoms with Crippen molar-refractivity contribution >= 4 is 28.8 Å². The lowest BCUT2D eigenvalue weighted by molar-refractivity contribution is -0.132. The number of ether oxygens (including phenoxy) is 2. The number of rotatable bonds is 7. The summed E-state index contributed by atoms with van der Waals surface area (Å²) in [5.74, 6) is -0.605. The molecule has 0 N–H and O–H groups in total. The van der Waals surface area contributed by atoms with Gasteiger partial charge in [0.15, 0.2) is 0 Å². The van der Waals surface area contributed by atoms with Crippen molar-refractivity contribution in [1.82, 2.24) is 0 Å². The first kappa shape index (κ1) is 19.2. The van der Waals surface area contributed by atoms with Gasteiger partial charge in [-0.3, -0.25) is 14.4 Å². The molecule has 0 bridgehead atoms. The molecule has 0 amide bonds. The number of carbonyl (C=O) groups is 3. The summed E-state index contributed by atoms with van der Waals surface area (Å²) in [5.41, 5.74) is 1.34. The van der Waals surface area contributed by atoms with Crippen LogP contribution in [0.1, 0.15) is 62.0 Å². The first-order valence-electron chi connectivity index (χ1n) is 7.57. The predicted octanol–water partition coefficient (Wildman–Crippen LogP) is 3.82. The molecule has 1 aromatic carbocycles. The molecule has 5 nitrogen and oxygen atoms in total. The van der Waals surface area contributed by atoms with Gasteiger partial charge < -0.3 is 9.47 Å². The van der Waals surface area contributed by atoms with Crippen LogP contribution in [-0.2, 0) is 22.4 Å². The van der Waals surface area contributed by atoms with E-state index in [2.05, 4.69) is 0 Å². The highest BCUT2D eigenvalue weighted by atomic mass is 35.5. The Morgan fingerprint density at radius 3 is 1.91 bits per heavy atom. The normalized spacial score (nSPS) is 10.3. The number of hydrogen-bond donors (Lipinski definition) is 0. The van der Waals surface area contributed by atoms with Crippen LogP contribution in [0.4, 0.5) is 0 Å². The molecule has 1 aromatic rings. The van der Waals surface area contributed by atoms with Crippen LogP contribution in [0.15, 0.2) is 6.07 Å². The highest BCUT2D eigenvalue weighted by Gasteiger charge is 2.24. The number of benzene rings is 1. The van der Waals surface area contributed by atoms with Crippen molar-refractivity contribution < 1.29 is 23.9 Å². The molecule has 0 heterocycles. The third-order valence-electron chi connectivity index (χ3n) is 3.13. The summed E-state index contributed by atoms with van der Waals surface area (Å²) in [7, 11) is 0. The molecule has 0 saturated heterocycles. The zero-order valence-corrected chi connectivity index (χ0v) is 14.6. The Morgan fingerprint density at radius 1 is 0.957 bits per heavy atom. The van der Waals surface area contributed by atoms with E-state index in [1.54, 1.807) is 0 Å². The second kappa shape index (κ2) is 8.67. The van der Waals surface area contributed by atoms with Crippen molar-refractivity contribution in [3.63, 3.8) is 0 Å². The van der Waals surface area contributed by atoms with E-state index in [0.717, 1.165) is 6.42 Å². The van der Waals surface area contributed by atoms with E-state index in [4.69, 9.17) is 21.1 Å². The van der Waals surface area contributed by atoms with E-state index in [1.165, 1.54) is 19.9 Å². The second-order valence-electron chi connectivity index (χ2n) is 5.18. The molecular formula is C17H21ClO5. The second-order valence-corrected chi connectivity index (χ2v) is 5.52. The predicted molar refractivity (Wildman–Crippen MR) is 87.2 cm³/mol. The van der Waals surface area contributed by atoms with Gasteiger partial charge in [-0.15, -0.1) is 0 Å². The molecule has 0 saturated carbocycles. The van der Waals surface area contributed by atoms with Crippen LogP contribution in [0.25, 0.3) is 0 Å². The Kier molecular flexibility index (Phi) is 7.23. The maximum Gasteiger partial charge on any atom is 0.308 e. The Bertz CT molecular complexity index is 622. The van der Waals surface area contributed by atoms with Crippen LogP contribution in [0.2, 0.25) is 0 Å². The monoisotopic (exact) mass is 340 g/mol. The lowest BCUT2D eigenvalue weighted by Crippen LogP contribution is -2.13. The molecule has 0 aliphatic rings. The maximum absolute atomic E-state index is 11.8. The van der Waals surface area contributed by atoms with E-state index in [1.807, 2.05) is 13.8 Å². The van der Waals surface area contributed by atoms with Gasteiger partial charge in [-0.05, 0) is 36.1 Å². The Balaban J connectivity index is 3.70. The van der Waals surface area contributed by atoms with Gasteiger partial charge in [0.1, 0.15) is 11.5 Å². The smallest absolute Gasteiger partial charge is 0.308 e. The molecule has 23 heavy (non-hydrogen) atoms. The Hall–Kier alpha value is -1.88. The number of esters is 2. The first-order valence-corrected chi connectivity index (χ1v) is 7.94. The van der Waals surface area contributed by atoms with Crippen molar-refractivity contribution in [1.29, 1.82) is 0 Å². The summed E-state index contributed by atoms with van der Waals surface area (Å²) in [6.45, 7) is 6.45. The van der Waals surface area contributed by atoms with Gasteiger partial charge in [0.25, 0.3) is 5.24 Å². The summed E-state index contributed by atoms with van der Waals surface area (Å²) < 4.78 is 10.6. The van der Waals surface area contributed by atoms with Gasteiger partial charge in [-0.1, -0.05) is 26.7 Å². The molecule has 1 rings (SSSR count). The molecule has 0 radical (unpaired) electrons. The number of aryl methyl sites for hydroxylation is 1. The van der Waals surface area contributed by atoms with Crippen LogP contribution >= 0.6 is 11.6 Å². The molecule has 126 valence electrons. The molecule has 0 fully saturated rings. The van der Waals surface area contributed by atoms with Gasteiger partial charge in [0.2, 0.25) is 0 Å². The molecular weight excluding hydrogens is 320 g/mol. The summed E-state index contributed by atoms with van der Waals surface area (Å²) in [6.07, 6.45) is 2.60. The average Bonchev–Trinajstić information content (AvgIpc) is 2.43. The molecule has 0 spiro atoms. The van der Waals surface area contributed by atoms with Crippen LogP contribution in [0, 0.1) is 0 Å². The van der Waals surface area contributed by atoms with Gasteiger partial charge in [-0.2, -0.15) is 0 Å². The molecule has 6 heteroatoms. The third kappa shape index (κ3) is 5.06. The highest BCUT2D eigenvalue weighted by Crippen LogP contribution is 2.38. The Morgan fingerprint density at radius 2 is 1.48 bits per heavy atom. The van der Waals surface area contributed by atoms with Crippen molar-refractivity contribution in [2.24, 2.45) is 0 Å². The first-order chi connectivity index (χ1) is 10.8. The van der Waals surface area contributed by atoms with E-state index in [9.17, 15) is 14.4 Å². The summed E-state index contributed by atoms with van der Waals surface area (Å²) in [6, 6.07) is 1.54. The van der Waals surface area contributed by atoms with Gasteiger partial charge in [0.05, 0.1) is 5.56 Å². The van der Waals surface area contributed by atoms with Crippen molar-refractivity contribution in [2.45, 2.75) is 53.4 Å². The van der Waals surface area contributed by atoms with E-state index in [-0.39, 0.29) is 11.3 Å². The topological polar surface area (TPSA) is 69.7 Å². The Labute approximate surface area is 140 Å². The zero-order chi connectivity index (χ0) is 17.6. The molecule has 0 unspecified atom stereocenters. The highest BCUT2D eigenvalue weighted by molar-refractivity contribution is 6.68. The molecule has 0 aliphatic heterocycles. The fraction of sp³-hybridized carbons (Fsp3) is 0.471. The SMILES string of the molecule is CCCc1cc(C(=O)Cl)c(OC(C)=O)c(CCC)c1OC(C)=O. The van der Waals surface area contributed by atoms with Gasteiger partial charge in [-0.25, -0.2) is 0 Å². The van der Waals surface area contributed by atoms with E-state index >= 15 is 0 Å². The van der Waals surface area contributed by atoms with Crippen LogP contribution < -0.4 is 9.47 Å². The minimum atomic E-state index is -0.717. The summed E-state index contributed by atoms with van der Waals surface area (Å²) >= 11 is 5.66. The van der Waals surface area contributed by atoms with Crippen molar-refractivity contribution in [3.05, 3.63) is 22.8 Å². The lowest BCUT2D eigenvalue weighted by atomic mass is 9.96. The van der Waals surface area contributed by atoms with E-state index < -0.39 is 17.2 Å². The van der Waals surface area contributed by atoms with E-state index in [0.29, 0.717) is 36.1 Å². The van der Waals surface area contributed by atoms with Crippen molar-refractivity contribution in [2.75, 3.05) is 0 Å². The molecule has 0 atom stereocenters. The lowest BCUT2D eigenvalue weighted by Gasteiger charge is -2.19. The maximum atomic E-state index is 11.8. The van der Waals surface area contributed by atoms with Gasteiger partial charge >= 0.3 is 11.9 Å². The fourth-order valence-electron chi connectivity index (χ4n) is 2.37. The van der Waals surface area contributed by atoms with Crippen LogP contribution in [0.3, 0.4) is 0 Å². The van der Waals surface area contributed by atoms with Crippen LogP contribution in [0.5, 0.6) is 11.5 Å². The quantitative estimate of drug-likeness (QED) is 0.428. The number of carbonyl (C=O) groups excluding carboxylic acids is 3. The minimum Gasteiger partial charge on any atom is -0.426 e. The molecule has 0 aromatic heterocycles. The fourth-order valence-corrected chi connectivity index (χ4v) is 2.51. The summed E-state index contributed by atoms with van der Waals surface area (Å²) in [4.78, 5) is 34.6. The number of halogens is 1. The average molecular weight is 341 g/mol. The van der Waals surface area contributed by atoms with Crippen LogP contribution in [-0.4, -0.2) is 17.2 Å². The molecule has 0 aliphatic carbocycles. The van der Waals surface area contributed by atoms with Gasteiger partial charge in [0, 0.05) is 19.4 Å². The standard InChI is InChI=1S/C17H21ClO5/c1-5-7-12-9-14(17(18)21)16(23-11(4)20)13(8-6-2)15(12)22-10(3)19/h9H,5-8H2,1-4H3. The minimum absolute atomic E-state index is 0.0791. The third-order valence-corrected chi connectivity index (χ3v) is 3.33. The zero-order valence-electron chi connectivity index (χ0n) is 13.8. The van der Waals surface area contributed by atoms with Crippen molar-refractivity contribution in [3.8, 4) is 11.5 Å². The largest absolute Gasteiger partial charge is 0.426 e.